The summed E-state index contributed by atoms with van der Waals surface area (Å²) in [5, 5.41) is 6.24. The Morgan fingerprint density at radius 2 is 1.72 bits per heavy atom. The van der Waals surface area contributed by atoms with Crippen molar-refractivity contribution in [3.05, 3.63) is 67.3 Å². The number of fused-ring (bicyclic) bond motifs is 1. The zero-order chi connectivity index (χ0) is 43.8. The molecule has 2 aliphatic carbocycles. The first kappa shape index (κ1) is 44.3. The summed E-state index contributed by atoms with van der Waals surface area (Å²) in [6, 6.07) is 14.4. The third kappa shape index (κ3) is 9.39. The number of nitrogens with one attached hydrogen (secondary N) is 3. The predicted molar refractivity (Wildman–Crippen MR) is 226 cm³/mol. The van der Waals surface area contributed by atoms with E-state index in [1.807, 2.05) is 42.5 Å². The number of benzene rings is 2. The maximum Gasteiger partial charge on any atom is 0.408 e. The second-order valence-corrected chi connectivity index (χ2v) is 20.1. The van der Waals surface area contributed by atoms with Crippen LogP contribution in [0.25, 0.3) is 22.2 Å². The number of likely N-dealkylation sites (tertiary alicyclic amines) is 1. The van der Waals surface area contributed by atoms with Crippen LogP contribution in [-0.4, -0.2) is 104 Å². The Morgan fingerprint density at radius 3 is 2.30 bits per heavy atom. The molecule has 1 aromatic heterocycles. The van der Waals surface area contributed by atoms with Crippen LogP contribution in [0.3, 0.4) is 0 Å². The molecule has 1 aliphatic heterocycles. The zero-order valence-electron chi connectivity index (χ0n) is 35.6. The van der Waals surface area contributed by atoms with E-state index in [-0.39, 0.29) is 32.4 Å². The lowest BCUT2D eigenvalue weighted by Crippen LogP contribution is -2.60. The van der Waals surface area contributed by atoms with Gasteiger partial charge in [0.05, 0.1) is 29.6 Å². The smallest absolute Gasteiger partial charge is 0.408 e. The number of rotatable bonds is 15. The topological polar surface area (TPSA) is 192 Å². The number of hydrogen-bond acceptors (Lipinski definition) is 11. The molecule has 0 radical (unpaired) electrons. The molecule has 3 N–H and O–H groups in total. The predicted octanol–water partition coefficient (Wildman–Crippen LogP) is 5.27. The fourth-order valence-corrected chi connectivity index (χ4v) is 9.33. The minimum Gasteiger partial charge on any atom is -0.497 e. The van der Waals surface area contributed by atoms with Crippen molar-refractivity contribution in [1.29, 1.82) is 0 Å². The Bertz CT molecular complexity index is 2250. The van der Waals surface area contributed by atoms with Gasteiger partial charge in [-0.1, -0.05) is 57.2 Å². The lowest BCUT2D eigenvalue weighted by atomic mass is 9.85. The molecule has 2 saturated carbocycles. The summed E-state index contributed by atoms with van der Waals surface area (Å²) < 4.78 is 51.1. The highest BCUT2D eigenvalue weighted by atomic mass is 32.2. The van der Waals surface area contributed by atoms with E-state index in [1.54, 1.807) is 60.8 Å². The summed E-state index contributed by atoms with van der Waals surface area (Å²) in [4.78, 5) is 62.7. The molecular weight excluding hydrogens is 791 g/mol. The number of nitrogens with zero attached hydrogens (tertiary/aromatic N) is 2. The number of hydrogen-bond donors (Lipinski definition) is 3. The minimum absolute atomic E-state index is 0.00357. The number of amides is 4. The van der Waals surface area contributed by atoms with E-state index in [2.05, 4.69) is 21.9 Å². The molecule has 0 bridgehead atoms. The number of alkyl carbamates (subject to hydrolysis) is 1. The molecule has 3 aliphatic rings. The molecule has 16 heteroatoms. The van der Waals surface area contributed by atoms with Gasteiger partial charge in [-0.3, -0.25) is 19.1 Å². The van der Waals surface area contributed by atoms with Crippen LogP contribution in [0.1, 0.15) is 73.6 Å². The molecule has 2 heterocycles. The Kier molecular flexibility index (Phi) is 12.3. The third-order valence-corrected chi connectivity index (χ3v) is 13.6. The second kappa shape index (κ2) is 16.7. The van der Waals surface area contributed by atoms with Crippen LogP contribution in [0, 0.1) is 11.3 Å². The van der Waals surface area contributed by atoms with Crippen LogP contribution in [0.4, 0.5) is 4.79 Å². The van der Waals surface area contributed by atoms with Gasteiger partial charge in [0.15, 0.2) is 0 Å². The fourth-order valence-electron chi connectivity index (χ4n) is 7.69. The molecule has 1 saturated heterocycles. The fraction of sp³-hybridized carbons (Fsp3) is 0.523. The normalized spacial score (nSPS) is 22.6. The standard InChI is InChI=1S/C44H57N5O10S/c1-10-28-25-44(28,39(52)48-60(54,55)43(18-19-43)20-21-56-8)47-37(50)34-23-30(26-49(34)38(51)36(41(2,3)4)46-40(53)59-42(5,6)7)58-35-24-32(27-14-12-11-13-15-27)45-33-22-29(57-9)16-17-31(33)35/h10-17,22,24,28,30,34,36H,1,18-21,23,25-26H2,2-9H3,(H,46,53)(H,47,50)(H,48,52)/t28-,30+,34-,36+,44-/m0/s1. The van der Waals surface area contributed by atoms with Gasteiger partial charge in [-0.15, -0.1) is 6.58 Å². The number of ether oxygens (including phenoxy) is 4. The first-order valence-corrected chi connectivity index (χ1v) is 21.7. The molecule has 3 aromatic rings. The van der Waals surface area contributed by atoms with E-state index >= 15 is 0 Å². The summed E-state index contributed by atoms with van der Waals surface area (Å²) in [5.74, 6) is -1.66. The average molecular weight is 848 g/mol. The summed E-state index contributed by atoms with van der Waals surface area (Å²) in [6.45, 7) is 14.4. The van der Waals surface area contributed by atoms with E-state index in [0.29, 0.717) is 40.9 Å². The molecule has 6 rings (SSSR count). The first-order valence-electron chi connectivity index (χ1n) is 20.2. The van der Waals surface area contributed by atoms with Gasteiger partial charge < -0.3 is 34.5 Å². The van der Waals surface area contributed by atoms with Gasteiger partial charge in [-0.2, -0.15) is 0 Å². The molecule has 3 fully saturated rings. The van der Waals surface area contributed by atoms with Gasteiger partial charge >= 0.3 is 6.09 Å². The summed E-state index contributed by atoms with van der Waals surface area (Å²) >= 11 is 0. The molecule has 0 unspecified atom stereocenters. The minimum atomic E-state index is -4.13. The van der Waals surface area contributed by atoms with Crippen LogP contribution in [-0.2, 0) is 33.9 Å². The van der Waals surface area contributed by atoms with Gasteiger partial charge in [-0.25, -0.2) is 18.2 Å². The molecular formula is C44H57N5O10S. The number of pyridine rings is 1. The van der Waals surface area contributed by atoms with E-state index in [9.17, 15) is 27.6 Å². The molecule has 15 nitrogen and oxygen atoms in total. The molecule has 5 atom stereocenters. The van der Waals surface area contributed by atoms with Gasteiger partial charge in [-0.05, 0) is 64.0 Å². The number of carbonyl (C=O) groups excluding carboxylic acids is 4. The first-order chi connectivity index (χ1) is 28.2. The van der Waals surface area contributed by atoms with Crippen LogP contribution in [0.5, 0.6) is 11.5 Å². The highest BCUT2D eigenvalue weighted by Gasteiger charge is 2.63. The van der Waals surface area contributed by atoms with Crippen molar-refractivity contribution in [1.82, 2.24) is 25.2 Å². The van der Waals surface area contributed by atoms with Gasteiger partial charge in [0.25, 0.3) is 5.91 Å². The Balaban J connectivity index is 1.34. The van der Waals surface area contributed by atoms with Crippen molar-refractivity contribution in [2.24, 2.45) is 11.3 Å². The van der Waals surface area contributed by atoms with Crippen molar-refractivity contribution >= 4 is 44.7 Å². The number of methoxy groups -OCH3 is 2. The van der Waals surface area contributed by atoms with Gasteiger partial charge in [0.2, 0.25) is 21.8 Å². The lowest BCUT2D eigenvalue weighted by Gasteiger charge is -2.36. The zero-order valence-corrected chi connectivity index (χ0v) is 36.4. The maximum absolute atomic E-state index is 14.8. The van der Waals surface area contributed by atoms with Crippen LogP contribution in [0.2, 0.25) is 0 Å². The van der Waals surface area contributed by atoms with Crippen molar-refractivity contribution < 1.29 is 46.5 Å². The highest BCUT2D eigenvalue weighted by Crippen LogP contribution is 2.49. The van der Waals surface area contributed by atoms with Crippen LogP contribution in [0.15, 0.2) is 67.3 Å². The van der Waals surface area contributed by atoms with Crippen LogP contribution >= 0.6 is 0 Å². The van der Waals surface area contributed by atoms with Crippen molar-refractivity contribution in [2.75, 3.05) is 27.4 Å². The Hall–Kier alpha value is -5.22. The average Bonchev–Trinajstić information content (AvgIpc) is 4.09. The second-order valence-electron chi connectivity index (χ2n) is 18.0. The van der Waals surface area contributed by atoms with Crippen molar-refractivity contribution in [3.63, 3.8) is 0 Å². The van der Waals surface area contributed by atoms with E-state index in [1.165, 1.54) is 18.1 Å². The van der Waals surface area contributed by atoms with E-state index < -0.39 is 79.2 Å². The molecule has 324 valence electrons. The SMILES string of the molecule is C=C[C@H]1C[C@@]1(NC(=O)[C@@H]1C[C@@H](Oc2cc(-c3ccccc3)nc3cc(OC)ccc23)CN1C(=O)[C@@H](NC(=O)OC(C)(C)C)C(C)(C)C)C(=O)NS(=O)(=O)C1(CCOC)CC1. The van der Waals surface area contributed by atoms with Gasteiger partial charge in [0.1, 0.15) is 40.8 Å². The molecule has 60 heavy (non-hydrogen) atoms. The van der Waals surface area contributed by atoms with E-state index in [0.717, 1.165) is 5.56 Å². The molecule has 2 aromatic carbocycles. The van der Waals surface area contributed by atoms with E-state index in [4.69, 9.17) is 23.9 Å². The monoisotopic (exact) mass is 847 g/mol. The molecule has 0 spiro atoms. The quantitative estimate of drug-likeness (QED) is 0.169. The summed E-state index contributed by atoms with van der Waals surface area (Å²) in [5.41, 5.74) is -1.25. The Morgan fingerprint density at radius 1 is 1.02 bits per heavy atom. The number of sulfonamides is 1. The van der Waals surface area contributed by atoms with Gasteiger partial charge in [0, 0.05) is 49.1 Å². The van der Waals surface area contributed by atoms with Crippen LogP contribution < -0.4 is 24.8 Å². The number of aromatic nitrogens is 1. The van der Waals surface area contributed by atoms with Crippen molar-refractivity contribution in [2.45, 2.75) is 108 Å². The van der Waals surface area contributed by atoms with Crippen molar-refractivity contribution in [3.8, 4) is 22.8 Å². The third-order valence-electron chi connectivity index (χ3n) is 11.4. The highest BCUT2D eigenvalue weighted by molar-refractivity contribution is 7.91. The summed E-state index contributed by atoms with van der Waals surface area (Å²) in [6.07, 6.45) is 1.02. The maximum atomic E-state index is 14.8. The Labute approximate surface area is 352 Å². The molecule has 4 amide bonds. The summed E-state index contributed by atoms with van der Waals surface area (Å²) in [7, 11) is -1.09. The lowest BCUT2D eigenvalue weighted by molar-refractivity contribution is -0.143. The number of carbonyl (C=O) groups is 4. The largest absolute Gasteiger partial charge is 0.497 e.